The summed E-state index contributed by atoms with van der Waals surface area (Å²) in [7, 11) is 0. The molecule has 0 saturated heterocycles. The summed E-state index contributed by atoms with van der Waals surface area (Å²) in [6.45, 7) is 0.927. The summed E-state index contributed by atoms with van der Waals surface area (Å²) < 4.78 is 0. The van der Waals surface area contributed by atoms with E-state index in [9.17, 15) is 4.79 Å². The zero-order valence-corrected chi connectivity index (χ0v) is 9.22. The Bertz CT molecular complexity index is 249. The molecule has 15 heavy (non-hydrogen) atoms. The van der Waals surface area contributed by atoms with Crippen molar-refractivity contribution in [3.63, 3.8) is 0 Å². The van der Waals surface area contributed by atoms with E-state index in [0.29, 0.717) is 19.5 Å². The van der Waals surface area contributed by atoms with Gasteiger partial charge in [-0.2, -0.15) is 0 Å². The second kappa shape index (κ2) is 5.77. The maximum absolute atomic E-state index is 11.6. The minimum absolute atomic E-state index is 0.0386. The van der Waals surface area contributed by atoms with Crippen LogP contribution in [-0.2, 0) is 4.79 Å². The molecule has 3 N–H and O–H groups in total. The molecule has 1 fully saturated rings. The highest BCUT2D eigenvalue weighted by atomic mass is 16.1. The van der Waals surface area contributed by atoms with Gasteiger partial charge in [0.25, 0.3) is 0 Å². The van der Waals surface area contributed by atoms with E-state index < -0.39 is 0 Å². The Morgan fingerprint density at radius 1 is 1.40 bits per heavy atom. The average Bonchev–Trinajstić information content (AvgIpc) is 2.27. The van der Waals surface area contributed by atoms with Crippen molar-refractivity contribution < 1.29 is 4.79 Å². The number of amides is 1. The zero-order valence-electron chi connectivity index (χ0n) is 9.22. The molecule has 0 aromatic heterocycles. The SMILES string of the molecule is C#CCNC(=O)CC1(CN)CCCCC1. The number of nitrogens with two attached hydrogens (primary N) is 1. The lowest BCUT2D eigenvalue weighted by Crippen LogP contribution is -2.38. The molecule has 0 spiro atoms. The predicted molar refractivity (Wildman–Crippen MR) is 61.0 cm³/mol. The van der Waals surface area contributed by atoms with Crippen molar-refractivity contribution in [3.05, 3.63) is 0 Å². The van der Waals surface area contributed by atoms with E-state index in [1.807, 2.05) is 0 Å². The lowest BCUT2D eigenvalue weighted by Gasteiger charge is -2.35. The summed E-state index contributed by atoms with van der Waals surface area (Å²) in [5, 5.41) is 2.71. The number of carbonyl (C=O) groups excluding carboxylic acids is 1. The monoisotopic (exact) mass is 208 g/mol. The largest absolute Gasteiger partial charge is 0.345 e. The Balaban J connectivity index is 2.44. The molecule has 3 heteroatoms. The molecule has 0 bridgehead atoms. The van der Waals surface area contributed by atoms with Crippen molar-refractivity contribution >= 4 is 5.91 Å². The van der Waals surface area contributed by atoms with Gasteiger partial charge in [-0.05, 0) is 24.8 Å². The van der Waals surface area contributed by atoms with Crippen LogP contribution in [0.3, 0.4) is 0 Å². The maximum atomic E-state index is 11.6. The van der Waals surface area contributed by atoms with E-state index in [4.69, 9.17) is 12.2 Å². The number of rotatable bonds is 4. The van der Waals surface area contributed by atoms with Gasteiger partial charge >= 0.3 is 0 Å². The van der Waals surface area contributed by atoms with E-state index in [1.165, 1.54) is 19.3 Å². The number of terminal acetylenes is 1. The lowest BCUT2D eigenvalue weighted by atomic mass is 9.72. The smallest absolute Gasteiger partial charge is 0.221 e. The number of carbonyl (C=O) groups is 1. The van der Waals surface area contributed by atoms with Crippen molar-refractivity contribution in [2.75, 3.05) is 13.1 Å². The van der Waals surface area contributed by atoms with Crippen LogP contribution in [0.1, 0.15) is 38.5 Å². The zero-order chi connectivity index (χ0) is 11.1. The van der Waals surface area contributed by atoms with Crippen LogP contribution in [0.15, 0.2) is 0 Å². The van der Waals surface area contributed by atoms with Gasteiger partial charge in [-0.15, -0.1) is 6.42 Å². The average molecular weight is 208 g/mol. The molecule has 0 radical (unpaired) electrons. The predicted octanol–water partition coefficient (Wildman–Crippen LogP) is 1.04. The first-order valence-corrected chi connectivity index (χ1v) is 5.63. The van der Waals surface area contributed by atoms with Gasteiger partial charge in [0.2, 0.25) is 5.91 Å². The van der Waals surface area contributed by atoms with Crippen LogP contribution >= 0.6 is 0 Å². The molecule has 1 amide bonds. The molecule has 1 aliphatic rings. The van der Waals surface area contributed by atoms with Gasteiger partial charge < -0.3 is 11.1 Å². The van der Waals surface area contributed by atoms with E-state index in [-0.39, 0.29) is 11.3 Å². The van der Waals surface area contributed by atoms with Crippen LogP contribution in [0, 0.1) is 17.8 Å². The number of nitrogens with one attached hydrogen (secondary N) is 1. The third kappa shape index (κ3) is 3.56. The topological polar surface area (TPSA) is 55.1 Å². The van der Waals surface area contributed by atoms with Crippen LogP contribution in [0.4, 0.5) is 0 Å². The molecule has 0 unspecified atom stereocenters. The molecule has 1 rings (SSSR count). The first kappa shape index (κ1) is 12.1. The van der Waals surface area contributed by atoms with E-state index in [1.54, 1.807) is 0 Å². The Morgan fingerprint density at radius 3 is 2.60 bits per heavy atom. The highest BCUT2D eigenvalue weighted by Crippen LogP contribution is 2.38. The minimum atomic E-state index is 0.0386. The first-order valence-electron chi connectivity index (χ1n) is 5.63. The minimum Gasteiger partial charge on any atom is -0.345 e. The van der Waals surface area contributed by atoms with Gasteiger partial charge in [-0.3, -0.25) is 4.79 Å². The number of hydrogen-bond donors (Lipinski definition) is 2. The summed E-state index contributed by atoms with van der Waals surface area (Å²) in [5.74, 6) is 2.45. The molecular weight excluding hydrogens is 188 g/mol. The summed E-state index contributed by atoms with van der Waals surface area (Å²) in [4.78, 5) is 11.6. The molecule has 0 aliphatic heterocycles. The lowest BCUT2D eigenvalue weighted by molar-refractivity contribution is -0.123. The summed E-state index contributed by atoms with van der Waals surface area (Å²) in [6, 6.07) is 0. The standard InChI is InChI=1S/C12H20N2O/c1-2-8-14-11(15)9-12(10-13)6-4-3-5-7-12/h1H,3-10,13H2,(H,14,15). The third-order valence-electron chi connectivity index (χ3n) is 3.27. The van der Waals surface area contributed by atoms with Crippen molar-refractivity contribution in [1.82, 2.24) is 5.32 Å². The van der Waals surface area contributed by atoms with Crippen LogP contribution < -0.4 is 11.1 Å². The van der Waals surface area contributed by atoms with Crippen LogP contribution in [0.2, 0.25) is 0 Å². The van der Waals surface area contributed by atoms with Crippen molar-refractivity contribution in [3.8, 4) is 12.3 Å². The summed E-state index contributed by atoms with van der Waals surface area (Å²) in [5.41, 5.74) is 5.83. The van der Waals surface area contributed by atoms with Crippen LogP contribution in [0.25, 0.3) is 0 Å². The van der Waals surface area contributed by atoms with Crippen molar-refractivity contribution in [1.29, 1.82) is 0 Å². The maximum Gasteiger partial charge on any atom is 0.221 e. The van der Waals surface area contributed by atoms with E-state index in [0.717, 1.165) is 12.8 Å². The highest BCUT2D eigenvalue weighted by Gasteiger charge is 2.32. The summed E-state index contributed by atoms with van der Waals surface area (Å²) >= 11 is 0. The molecule has 1 saturated carbocycles. The molecule has 0 heterocycles. The van der Waals surface area contributed by atoms with E-state index in [2.05, 4.69) is 11.2 Å². The second-order valence-electron chi connectivity index (χ2n) is 4.42. The van der Waals surface area contributed by atoms with Crippen molar-refractivity contribution in [2.24, 2.45) is 11.1 Å². The Labute approximate surface area is 91.8 Å². The van der Waals surface area contributed by atoms with Gasteiger partial charge in [0, 0.05) is 6.42 Å². The number of hydrogen-bond acceptors (Lipinski definition) is 2. The van der Waals surface area contributed by atoms with Gasteiger partial charge in [0.05, 0.1) is 6.54 Å². The Morgan fingerprint density at radius 2 is 2.07 bits per heavy atom. The molecule has 0 atom stereocenters. The Kier molecular flexibility index (Phi) is 4.64. The van der Waals surface area contributed by atoms with Crippen molar-refractivity contribution in [2.45, 2.75) is 38.5 Å². The molecule has 1 aliphatic carbocycles. The van der Waals surface area contributed by atoms with Crippen LogP contribution in [-0.4, -0.2) is 19.0 Å². The molecule has 84 valence electrons. The molecule has 0 aromatic carbocycles. The highest BCUT2D eigenvalue weighted by molar-refractivity contribution is 5.77. The Hall–Kier alpha value is -1.01. The van der Waals surface area contributed by atoms with Gasteiger partial charge in [-0.25, -0.2) is 0 Å². The molecular formula is C12H20N2O. The fourth-order valence-corrected chi connectivity index (χ4v) is 2.31. The summed E-state index contributed by atoms with van der Waals surface area (Å²) in [6.07, 6.45) is 11.4. The van der Waals surface area contributed by atoms with Gasteiger partial charge in [0.1, 0.15) is 0 Å². The second-order valence-corrected chi connectivity index (χ2v) is 4.42. The third-order valence-corrected chi connectivity index (χ3v) is 3.27. The van der Waals surface area contributed by atoms with Gasteiger partial charge in [-0.1, -0.05) is 25.2 Å². The molecule has 0 aromatic rings. The van der Waals surface area contributed by atoms with Crippen LogP contribution in [0.5, 0.6) is 0 Å². The fraction of sp³-hybridized carbons (Fsp3) is 0.750. The van der Waals surface area contributed by atoms with Gasteiger partial charge in [0.15, 0.2) is 0 Å². The van der Waals surface area contributed by atoms with E-state index >= 15 is 0 Å². The fourth-order valence-electron chi connectivity index (χ4n) is 2.31. The quantitative estimate of drug-likeness (QED) is 0.678. The first-order chi connectivity index (χ1) is 7.22. The normalized spacial score (nSPS) is 19.2. The molecule has 3 nitrogen and oxygen atoms in total.